The summed E-state index contributed by atoms with van der Waals surface area (Å²) in [6.07, 6.45) is 0. The third kappa shape index (κ3) is 3.36. The number of nitro groups is 1. The largest absolute Gasteiger partial charge is 0.375 e. The highest BCUT2D eigenvalue weighted by Crippen LogP contribution is 2.26. The van der Waals surface area contributed by atoms with E-state index in [0.29, 0.717) is 12.2 Å². The number of aryl methyl sites for hydroxylation is 2. The molecule has 0 saturated carbocycles. The number of rotatable bonds is 4. The lowest BCUT2D eigenvalue weighted by molar-refractivity contribution is -0.384. The molecule has 0 heterocycles. The third-order valence-corrected chi connectivity index (χ3v) is 3.94. The summed E-state index contributed by atoms with van der Waals surface area (Å²) in [6, 6.07) is 11.2. The van der Waals surface area contributed by atoms with Crippen LogP contribution in [0.5, 0.6) is 0 Å². The number of hydrogen-bond acceptors (Lipinski definition) is 3. The summed E-state index contributed by atoms with van der Waals surface area (Å²) in [4.78, 5) is 10.7. The van der Waals surface area contributed by atoms with E-state index >= 15 is 0 Å². The fraction of sp³-hybridized carbons (Fsp3) is 0.200. The molecule has 0 spiro atoms. The summed E-state index contributed by atoms with van der Waals surface area (Å²) < 4.78 is 1.06. The Labute approximate surface area is 126 Å². The van der Waals surface area contributed by atoms with Crippen molar-refractivity contribution >= 4 is 27.3 Å². The van der Waals surface area contributed by atoms with Crippen LogP contribution < -0.4 is 5.32 Å². The third-order valence-electron chi connectivity index (χ3n) is 3.06. The van der Waals surface area contributed by atoms with Gasteiger partial charge in [0.25, 0.3) is 5.69 Å². The summed E-state index contributed by atoms with van der Waals surface area (Å²) in [5.41, 5.74) is 3.75. The van der Waals surface area contributed by atoms with Gasteiger partial charge < -0.3 is 5.32 Å². The molecule has 2 aromatic rings. The lowest BCUT2D eigenvalue weighted by Crippen LogP contribution is -2.03. The van der Waals surface area contributed by atoms with Gasteiger partial charge in [0.15, 0.2) is 0 Å². The molecule has 2 rings (SSSR count). The molecule has 0 fully saturated rings. The van der Waals surface area contributed by atoms with Crippen LogP contribution in [-0.4, -0.2) is 4.92 Å². The van der Waals surface area contributed by atoms with E-state index in [1.807, 2.05) is 32.0 Å². The van der Waals surface area contributed by atoms with Crippen molar-refractivity contribution in [3.63, 3.8) is 0 Å². The first-order valence-corrected chi connectivity index (χ1v) is 7.00. The topological polar surface area (TPSA) is 55.2 Å². The van der Waals surface area contributed by atoms with Gasteiger partial charge in [-0.05, 0) is 42.7 Å². The molecule has 0 atom stereocenters. The van der Waals surface area contributed by atoms with E-state index in [0.717, 1.165) is 21.2 Å². The monoisotopic (exact) mass is 334 g/mol. The van der Waals surface area contributed by atoms with Crippen molar-refractivity contribution in [2.24, 2.45) is 0 Å². The van der Waals surface area contributed by atoms with Gasteiger partial charge in [-0.1, -0.05) is 34.1 Å². The van der Waals surface area contributed by atoms with Crippen LogP contribution in [-0.2, 0) is 6.54 Å². The van der Waals surface area contributed by atoms with E-state index in [9.17, 15) is 10.1 Å². The number of anilines is 1. The Balaban J connectivity index is 2.18. The van der Waals surface area contributed by atoms with E-state index in [2.05, 4.69) is 27.3 Å². The molecule has 104 valence electrons. The van der Waals surface area contributed by atoms with Crippen LogP contribution in [0.25, 0.3) is 0 Å². The Hall–Kier alpha value is -1.88. The van der Waals surface area contributed by atoms with Gasteiger partial charge in [0.1, 0.15) is 5.69 Å². The van der Waals surface area contributed by atoms with Crippen molar-refractivity contribution in [3.05, 3.63) is 67.7 Å². The molecule has 0 aliphatic carbocycles. The molecule has 0 saturated heterocycles. The highest BCUT2D eigenvalue weighted by atomic mass is 79.9. The number of nitrogens with zero attached hydrogens (tertiary/aromatic N) is 1. The lowest BCUT2D eigenvalue weighted by atomic mass is 10.1. The van der Waals surface area contributed by atoms with Gasteiger partial charge in [-0.25, -0.2) is 0 Å². The molecule has 0 unspecified atom stereocenters. The highest BCUT2D eigenvalue weighted by molar-refractivity contribution is 9.10. The zero-order valence-corrected chi connectivity index (χ0v) is 12.9. The van der Waals surface area contributed by atoms with Crippen LogP contribution in [0, 0.1) is 24.0 Å². The van der Waals surface area contributed by atoms with E-state index < -0.39 is 0 Å². The highest BCUT2D eigenvalue weighted by Gasteiger charge is 2.13. The SMILES string of the molecule is Cc1ccc(NCc2ccc(Br)c(C)c2)c([N+](=O)[O-])c1. The van der Waals surface area contributed by atoms with Crippen molar-refractivity contribution < 1.29 is 4.92 Å². The molecule has 0 amide bonds. The van der Waals surface area contributed by atoms with Crippen molar-refractivity contribution in [3.8, 4) is 0 Å². The molecule has 2 aromatic carbocycles. The fourth-order valence-corrected chi connectivity index (χ4v) is 2.20. The standard InChI is InChI=1S/C15H15BrN2O2/c1-10-3-6-14(15(7-10)18(19)20)17-9-12-4-5-13(16)11(2)8-12/h3-8,17H,9H2,1-2H3. The average molecular weight is 335 g/mol. The number of nitro benzene ring substituents is 1. The maximum absolute atomic E-state index is 11.0. The predicted octanol–water partition coefficient (Wildman–Crippen LogP) is 4.59. The van der Waals surface area contributed by atoms with Gasteiger partial charge in [-0.15, -0.1) is 0 Å². The second-order valence-corrected chi connectivity index (χ2v) is 5.57. The number of benzene rings is 2. The second-order valence-electron chi connectivity index (χ2n) is 4.71. The zero-order valence-electron chi connectivity index (χ0n) is 11.3. The predicted molar refractivity (Wildman–Crippen MR) is 84.0 cm³/mol. The van der Waals surface area contributed by atoms with Crippen LogP contribution in [0.15, 0.2) is 40.9 Å². The number of nitrogens with one attached hydrogen (secondary N) is 1. The van der Waals surface area contributed by atoms with Crippen LogP contribution in [0.4, 0.5) is 11.4 Å². The van der Waals surface area contributed by atoms with Gasteiger partial charge in [0.05, 0.1) is 4.92 Å². The second kappa shape index (κ2) is 6.05. The Bertz CT molecular complexity index is 656. The van der Waals surface area contributed by atoms with Crippen LogP contribution >= 0.6 is 15.9 Å². The first kappa shape index (κ1) is 14.5. The minimum absolute atomic E-state index is 0.110. The Kier molecular flexibility index (Phi) is 4.39. The Morgan fingerprint density at radius 1 is 1.20 bits per heavy atom. The minimum atomic E-state index is -0.359. The molecule has 0 aromatic heterocycles. The van der Waals surface area contributed by atoms with Gasteiger partial charge in [-0.3, -0.25) is 10.1 Å². The molecule has 0 bridgehead atoms. The summed E-state index contributed by atoms with van der Waals surface area (Å²) in [5, 5.41) is 14.2. The molecule has 1 N–H and O–H groups in total. The van der Waals surface area contributed by atoms with Crippen LogP contribution in [0.3, 0.4) is 0 Å². The van der Waals surface area contributed by atoms with Crippen molar-refractivity contribution in [1.29, 1.82) is 0 Å². The first-order valence-electron chi connectivity index (χ1n) is 6.21. The van der Waals surface area contributed by atoms with E-state index in [-0.39, 0.29) is 10.6 Å². The van der Waals surface area contributed by atoms with E-state index in [4.69, 9.17) is 0 Å². The van der Waals surface area contributed by atoms with Crippen molar-refractivity contribution in [2.75, 3.05) is 5.32 Å². The van der Waals surface area contributed by atoms with Gasteiger partial charge in [0.2, 0.25) is 0 Å². The Morgan fingerprint density at radius 2 is 1.95 bits per heavy atom. The Morgan fingerprint density at radius 3 is 2.60 bits per heavy atom. The molecule has 0 aliphatic heterocycles. The molecule has 4 nitrogen and oxygen atoms in total. The summed E-state index contributed by atoms with van der Waals surface area (Å²) >= 11 is 3.45. The smallest absolute Gasteiger partial charge is 0.292 e. The van der Waals surface area contributed by atoms with Crippen LogP contribution in [0.2, 0.25) is 0 Å². The lowest BCUT2D eigenvalue weighted by Gasteiger charge is -2.09. The summed E-state index contributed by atoms with van der Waals surface area (Å²) in [5.74, 6) is 0. The molecule has 5 heteroatoms. The van der Waals surface area contributed by atoms with Crippen molar-refractivity contribution in [2.45, 2.75) is 20.4 Å². The van der Waals surface area contributed by atoms with Gasteiger partial charge >= 0.3 is 0 Å². The first-order chi connectivity index (χ1) is 9.47. The zero-order chi connectivity index (χ0) is 14.7. The normalized spacial score (nSPS) is 10.3. The fourth-order valence-electron chi connectivity index (χ4n) is 1.96. The van der Waals surface area contributed by atoms with E-state index in [1.54, 1.807) is 12.1 Å². The maximum Gasteiger partial charge on any atom is 0.292 e. The number of halogens is 1. The molecular weight excluding hydrogens is 320 g/mol. The molecule has 20 heavy (non-hydrogen) atoms. The maximum atomic E-state index is 11.0. The average Bonchev–Trinajstić information content (AvgIpc) is 2.41. The molecule has 0 aliphatic rings. The molecular formula is C15H15BrN2O2. The van der Waals surface area contributed by atoms with Gasteiger partial charge in [-0.2, -0.15) is 0 Å². The van der Waals surface area contributed by atoms with Crippen molar-refractivity contribution in [1.82, 2.24) is 0 Å². The minimum Gasteiger partial charge on any atom is -0.375 e. The summed E-state index contributed by atoms with van der Waals surface area (Å²) in [7, 11) is 0. The van der Waals surface area contributed by atoms with Crippen LogP contribution in [0.1, 0.15) is 16.7 Å². The molecule has 0 radical (unpaired) electrons. The quantitative estimate of drug-likeness (QED) is 0.657. The van der Waals surface area contributed by atoms with E-state index in [1.165, 1.54) is 0 Å². The van der Waals surface area contributed by atoms with Gasteiger partial charge in [0, 0.05) is 17.1 Å². The number of hydrogen-bond donors (Lipinski definition) is 1. The summed E-state index contributed by atoms with van der Waals surface area (Å²) in [6.45, 7) is 4.41.